The molecule has 0 heterocycles. The predicted molar refractivity (Wildman–Crippen MR) is 99.9 cm³/mol. The van der Waals surface area contributed by atoms with Crippen LogP contribution in [0.1, 0.15) is 10.4 Å². The van der Waals surface area contributed by atoms with Gasteiger partial charge in [0, 0.05) is 12.1 Å². The van der Waals surface area contributed by atoms with Gasteiger partial charge in [-0.1, -0.05) is 23.7 Å². The molecule has 2 aromatic carbocycles. The quantitative estimate of drug-likeness (QED) is 0.293. The number of amides is 1. The summed E-state index contributed by atoms with van der Waals surface area (Å²) in [6, 6.07) is 10.4. The number of methoxy groups -OCH3 is 1. The maximum Gasteiger partial charge on any atom is 0.340 e. The highest BCUT2D eigenvalue weighted by molar-refractivity contribution is 6.33. The van der Waals surface area contributed by atoms with Crippen LogP contribution in [0.5, 0.6) is 11.5 Å². The SMILES string of the molecule is COc1ccccc1OCCNC(=O)COC(=O)c1cc([N+](=O)[O-])ccc1Cl. The van der Waals surface area contributed by atoms with Crippen LogP contribution in [0.4, 0.5) is 5.69 Å². The molecule has 0 aliphatic rings. The lowest BCUT2D eigenvalue weighted by molar-refractivity contribution is -0.384. The monoisotopic (exact) mass is 408 g/mol. The molecule has 148 valence electrons. The van der Waals surface area contributed by atoms with Crippen LogP contribution in [0.2, 0.25) is 5.02 Å². The van der Waals surface area contributed by atoms with Gasteiger partial charge in [0.2, 0.25) is 0 Å². The summed E-state index contributed by atoms with van der Waals surface area (Å²) >= 11 is 5.85. The molecule has 0 saturated heterocycles. The molecular weight excluding hydrogens is 392 g/mol. The fourth-order valence-electron chi connectivity index (χ4n) is 2.13. The van der Waals surface area contributed by atoms with Gasteiger partial charge in [0.1, 0.15) is 6.61 Å². The van der Waals surface area contributed by atoms with E-state index in [1.807, 2.05) is 0 Å². The Kier molecular flexibility index (Phi) is 7.58. The van der Waals surface area contributed by atoms with E-state index in [1.165, 1.54) is 13.2 Å². The Hall–Kier alpha value is -3.33. The molecule has 9 nitrogen and oxygen atoms in total. The zero-order valence-electron chi connectivity index (χ0n) is 14.8. The van der Waals surface area contributed by atoms with Gasteiger partial charge in [-0.25, -0.2) is 4.79 Å². The van der Waals surface area contributed by atoms with E-state index < -0.39 is 23.4 Å². The molecule has 0 aliphatic carbocycles. The molecule has 0 aromatic heterocycles. The zero-order chi connectivity index (χ0) is 20.5. The van der Waals surface area contributed by atoms with Crippen LogP contribution in [0.15, 0.2) is 42.5 Å². The smallest absolute Gasteiger partial charge is 0.340 e. The van der Waals surface area contributed by atoms with E-state index in [1.54, 1.807) is 24.3 Å². The first kappa shape index (κ1) is 21.0. The molecule has 10 heteroatoms. The van der Waals surface area contributed by atoms with Gasteiger partial charge in [-0.15, -0.1) is 0 Å². The highest BCUT2D eigenvalue weighted by atomic mass is 35.5. The lowest BCUT2D eigenvalue weighted by atomic mass is 10.2. The van der Waals surface area contributed by atoms with Crippen LogP contribution in [0.25, 0.3) is 0 Å². The molecule has 28 heavy (non-hydrogen) atoms. The number of carbonyl (C=O) groups is 2. The Morgan fingerprint density at radius 3 is 2.57 bits per heavy atom. The van der Waals surface area contributed by atoms with Crippen LogP contribution in [0.3, 0.4) is 0 Å². The number of nitrogens with zero attached hydrogens (tertiary/aromatic N) is 1. The minimum Gasteiger partial charge on any atom is -0.493 e. The lowest BCUT2D eigenvalue weighted by Crippen LogP contribution is -2.32. The Morgan fingerprint density at radius 2 is 1.89 bits per heavy atom. The van der Waals surface area contributed by atoms with Crippen LogP contribution in [-0.2, 0) is 9.53 Å². The van der Waals surface area contributed by atoms with Crippen LogP contribution in [-0.4, -0.2) is 43.7 Å². The number of nitrogens with one attached hydrogen (secondary N) is 1. The fourth-order valence-corrected chi connectivity index (χ4v) is 2.33. The number of ether oxygens (including phenoxy) is 3. The molecule has 0 spiro atoms. The predicted octanol–water partition coefficient (Wildman–Crippen LogP) is 2.61. The van der Waals surface area contributed by atoms with Crippen molar-refractivity contribution in [2.45, 2.75) is 0 Å². The average molecular weight is 409 g/mol. The Morgan fingerprint density at radius 1 is 1.18 bits per heavy atom. The van der Waals surface area contributed by atoms with E-state index in [2.05, 4.69) is 5.32 Å². The van der Waals surface area contributed by atoms with Crippen molar-refractivity contribution < 1.29 is 28.7 Å². The van der Waals surface area contributed by atoms with Gasteiger partial charge in [0.05, 0.1) is 29.2 Å². The van der Waals surface area contributed by atoms with E-state index in [0.717, 1.165) is 12.1 Å². The third-order valence-corrected chi connectivity index (χ3v) is 3.80. The molecule has 0 bridgehead atoms. The number of nitro groups is 1. The minimum absolute atomic E-state index is 0.0128. The summed E-state index contributed by atoms with van der Waals surface area (Å²) in [6.45, 7) is -0.213. The topological polar surface area (TPSA) is 117 Å². The second kappa shape index (κ2) is 10.1. The minimum atomic E-state index is -0.936. The van der Waals surface area contributed by atoms with Crippen LogP contribution in [0, 0.1) is 10.1 Å². The van der Waals surface area contributed by atoms with E-state index in [9.17, 15) is 19.7 Å². The first-order valence-electron chi connectivity index (χ1n) is 8.06. The highest BCUT2D eigenvalue weighted by Gasteiger charge is 2.18. The third kappa shape index (κ3) is 5.85. The number of halogens is 1. The zero-order valence-corrected chi connectivity index (χ0v) is 15.6. The number of rotatable bonds is 9. The molecule has 2 aromatic rings. The van der Waals surface area contributed by atoms with Gasteiger partial charge in [0.15, 0.2) is 18.1 Å². The average Bonchev–Trinajstić information content (AvgIpc) is 2.69. The molecule has 1 amide bonds. The van der Waals surface area contributed by atoms with E-state index in [4.69, 9.17) is 25.8 Å². The third-order valence-electron chi connectivity index (χ3n) is 3.47. The number of esters is 1. The summed E-state index contributed by atoms with van der Waals surface area (Å²) in [5.41, 5.74) is -0.502. The summed E-state index contributed by atoms with van der Waals surface area (Å²) in [6.07, 6.45) is 0. The van der Waals surface area contributed by atoms with Crippen LogP contribution < -0.4 is 14.8 Å². The largest absolute Gasteiger partial charge is 0.493 e. The van der Waals surface area contributed by atoms with Crippen LogP contribution >= 0.6 is 11.6 Å². The van der Waals surface area contributed by atoms with Gasteiger partial charge in [-0.3, -0.25) is 14.9 Å². The number of hydrogen-bond acceptors (Lipinski definition) is 7. The first-order chi connectivity index (χ1) is 13.4. The van der Waals surface area contributed by atoms with Crippen molar-refractivity contribution in [3.63, 3.8) is 0 Å². The van der Waals surface area contributed by atoms with E-state index in [0.29, 0.717) is 11.5 Å². The molecule has 0 unspecified atom stereocenters. The van der Waals surface area contributed by atoms with Crippen molar-refractivity contribution in [2.75, 3.05) is 26.9 Å². The van der Waals surface area contributed by atoms with Gasteiger partial charge in [-0.2, -0.15) is 0 Å². The maximum absolute atomic E-state index is 12.0. The standard InChI is InChI=1S/C18H17ClN2O7/c1-26-15-4-2-3-5-16(15)27-9-8-20-17(22)11-28-18(23)13-10-12(21(24)25)6-7-14(13)19/h2-7,10H,8-9,11H2,1H3,(H,20,22). The number of benzene rings is 2. The maximum atomic E-state index is 12.0. The lowest BCUT2D eigenvalue weighted by Gasteiger charge is -2.11. The summed E-state index contributed by atoms with van der Waals surface area (Å²) in [7, 11) is 1.52. The summed E-state index contributed by atoms with van der Waals surface area (Å²) in [4.78, 5) is 33.9. The number of carbonyl (C=O) groups excluding carboxylic acids is 2. The van der Waals surface area contributed by atoms with Gasteiger partial charge >= 0.3 is 5.97 Å². The molecule has 0 saturated carbocycles. The van der Waals surface area contributed by atoms with Crippen molar-refractivity contribution in [2.24, 2.45) is 0 Å². The molecule has 1 N–H and O–H groups in total. The Balaban J connectivity index is 1.77. The molecule has 0 fully saturated rings. The van der Waals surface area contributed by atoms with E-state index in [-0.39, 0.29) is 29.4 Å². The summed E-state index contributed by atoms with van der Waals surface area (Å²) in [5.74, 6) is -0.393. The number of nitro benzene ring substituents is 1. The van der Waals surface area contributed by atoms with Crippen molar-refractivity contribution in [1.29, 1.82) is 0 Å². The van der Waals surface area contributed by atoms with Crippen molar-refractivity contribution in [3.8, 4) is 11.5 Å². The first-order valence-corrected chi connectivity index (χ1v) is 8.43. The summed E-state index contributed by atoms with van der Waals surface area (Å²) in [5, 5.41) is 13.3. The van der Waals surface area contributed by atoms with Gasteiger partial charge < -0.3 is 19.5 Å². The van der Waals surface area contributed by atoms with Crippen molar-refractivity contribution in [3.05, 3.63) is 63.2 Å². The summed E-state index contributed by atoms with van der Waals surface area (Å²) < 4.78 is 15.5. The number of hydrogen-bond donors (Lipinski definition) is 1. The Labute approximate surface area is 165 Å². The molecule has 0 aliphatic heterocycles. The normalized spacial score (nSPS) is 10.1. The second-order valence-corrected chi connectivity index (χ2v) is 5.75. The highest BCUT2D eigenvalue weighted by Crippen LogP contribution is 2.25. The van der Waals surface area contributed by atoms with Gasteiger partial charge in [-0.05, 0) is 18.2 Å². The van der Waals surface area contributed by atoms with E-state index >= 15 is 0 Å². The Bertz CT molecular complexity index is 873. The van der Waals surface area contributed by atoms with Crippen molar-refractivity contribution >= 4 is 29.2 Å². The molecule has 2 rings (SSSR count). The fraction of sp³-hybridized carbons (Fsp3) is 0.222. The van der Waals surface area contributed by atoms with Gasteiger partial charge in [0.25, 0.3) is 11.6 Å². The van der Waals surface area contributed by atoms with Crippen molar-refractivity contribution in [1.82, 2.24) is 5.32 Å². The molecule has 0 radical (unpaired) electrons. The second-order valence-electron chi connectivity index (χ2n) is 5.35. The number of para-hydroxylation sites is 2. The molecule has 0 atom stereocenters. The number of non-ortho nitro benzene ring substituents is 1. The molecular formula is C18H17ClN2O7.